The molecule has 1 heterocycles. The summed E-state index contributed by atoms with van der Waals surface area (Å²) in [6, 6.07) is 2.02. The van der Waals surface area contributed by atoms with E-state index in [0.717, 1.165) is 4.90 Å². The summed E-state index contributed by atoms with van der Waals surface area (Å²) in [5.41, 5.74) is -1.08. The summed E-state index contributed by atoms with van der Waals surface area (Å²) in [6.07, 6.45) is 4.70. The molecule has 8 nitrogen and oxygen atoms in total. The maximum Gasteiger partial charge on any atom is 0.326 e. The van der Waals surface area contributed by atoms with E-state index in [-0.39, 0.29) is 17.7 Å². The van der Waals surface area contributed by atoms with Crippen molar-refractivity contribution in [1.29, 1.82) is 5.26 Å². The number of likely N-dealkylation sites (tertiary alicyclic amines) is 1. The monoisotopic (exact) mass is 361 g/mol. The molecule has 1 N–H and O–H groups in total. The van der Waals surface area contributed by atoms with E-state index in [1.807, 2.05) is 18.2 Å². The first-order valence-corrected chi connectivity index (χ1v) is 8.57. The van der Waals surface area contributed by atoms with E-state index in [0.29, 0.717) is 12.8 Å². The number of hydrogen-bond acceptors (Lipinski definition) is 6. The first-order valence-electron chi connectivity index (χ1n) is 8.57. The number of carbonyl (C=O) groups is 4. The molecule has 0 unspecified atom stereocenters. The van der Waals surface area contributed by atoms with E-state index in [4.69, 9.17) is 4.74 Å². The number of esters is 1. The van der Waals surface area contributed by atoms with Gasteiger partial charge in [0.15, 0.2) is 6.61 Å². The molecule has 0 aromatic rings. The molecule has 26 heavy (non-hydrogen) atoms. The zero-order valence-corrected chi connectivity index (χ0v) is 15.2. The van der Waals surface area contributed by atoms with Gasteiger partial charge in [0, 0.05) is 0 Å². The molecule has 140 valence electrons. The molecule has 8 heteroatoms. The smallest absolute Gasteiger partial charge is 0.326 e. The average molecular weight is 361 g/mol. The van der Waals surface area contributed by atoms with E-state index in [1.165, 1.54) is 0 Å². The van der Waals surface area contributed by atoms with Gasteiger partial charge < -0.3 is 10.1 Å². The van der Waals surface area contributed by atoms with Crippen molar-refractivity contribution in [1.82, 2.24) is 10.2 Å². The minimum absolute atomic E-state index is 0.135. The van der Waals surface area contributed by atoms with Crippen molar-refractivity contribution in [2.75, 3.05) is 13.2 Å². The van der Waals surface area contributed by atoms with Crippen LogP contribution in [0, 0.1) is 29.1 Å². The van der Waals surface area contributed by atoms with Gasteiger partial charge >= 0.3 is 5.97 Å². The van der Waals surface area contributed by atoms with Crippen LogP contribution in [0.2, 0.25) is 0 Å². The van der Waals surface area contributed by atoms with E-state index in [2.05, 4.69) is 5.32 Å². The molecular weight excluding hydrogens is 338 g/mol. The highest BCUT2D eigenvalue weighted by atomic mass is 16.5. The average Bonchev–Trinajstić information content (AvgIpc) is 2.85. The third kappa shape index (κ3) is 3.93. The van der Waals surface area contributed by atoms with Crippen LogP contribution in [0.15, 0.2) is 12.2 Å². The van der Waals surface area contributed by atoms with Crippen molar-refractivity contribution in [3.8, 4) is 6.07 Å². The van der Waals surface area contributed by atoms with Gasteiger partial charge in [0.2, 0.25) is 11.8 Å². The second-order valence-corrected chi connectivity index (χ2v) is 7.10. The normalized spacial score (nSPS) is 24.0. The number of fused-ring (bicyclic) bond motifs is 1. The quantitative estimate of drug-likeness (QED) is 0.419. The molecule has 0 radical (unpaired) electrons. The summed E-state index contributed by atoms with van der Waals surface area (Å²) in [5, 5.41) is 11.7. The molecule has 0 saturated carbocycles. The summed E-state index contributed by atoms with van der Waals surface area (Å²) in [7, 11) is 0. The van der Waals surface area contributed by atoms with E-state index in [9.17, 15) is 24.4 Å². The lowest BCUT2D eigenvalue weighted by Gasteiger charge is -2.27. The van der Waals surface area contributed by atoms with Gasteiger partial charge in [0.1, 0.15) is 12.1 Å². The maximum absolute atomic E-state index is 12.3. The highest BCUT2D eigenvalue weighted by Gasteiger charge is 2.47. The number of carbonyl (C=O) groups excluding carboxylic acids is 4. The molecule has 1 aliphatic heterocycles. The summed E-state index contributed by atoms with van der Waals surface area (Å²) in [5.74, 6) is -3.16. The lowest BCUT2D eigenvalue weighted by atomic mass is 9.85. The van der Waals surface area contributed by atoms with Crippen LogP contribution in [0.4, 0.5) is 0 Å². The van der Waals surface area contributed by atoms with Crippen molar-refractivity contribution in [3.63, 3.8) is 0 Å². The van der Waals surface area contributed by atoms with Crippen molar-refractivity contribution >= 4 is 23.7 Å². The van der Waals surface area contributed by atoms with Crippen LogP contribution in [0.3, 0.4) is 0 Å². The minimum Gasteiger partial charge on any atom is -0.454 e. The number of amides is 3. The molecule has 1 fully saturated rings. The van der Waals surface area contributed by atoms with Gasteiger partial charge in [-0.1, -0.05) is 26.0 Å². The van der Waals surface area contributed by atoms with Gasteiger partial charge in [0.25, 0.3) is 5.91 Å². The van der Waals surface area contributed by atoms with E-state index >= 15 is 0 Å². The summed E-state index contributed by atoms with van der Waals surface area (Å²) in [6.45, 7) is 4.07. The van der Waals surface area contributed by atoms with Crippen LogP contribution in [0.25, 0.3) is 0 Å². The molecule has 2 aliphatic rings. The third-order valence-corrected chi connectivity index (χ3v) is 5.04. The van der Waals surface area contributed by atoms with Gasteiger partial charge in [-0.05, 0) is 25.7 Å². The molecule has 1 saturated heterocycles. The zero-order chi connectivity index (χ0) is 19.5. The molecule has 1 aliphatic carbocycles. The van der Waals surface area contributed by atoms with Gasteiger partial charge in [0.05, 0.1) is 17.9 Å². The van der Waals surface area contributed by atoms with Crippen LogP contribution in [-0.4, -0.2) is 47.3 Å². The Morgan fingerprint density at radius 3 is 2.31 bits per heavy atom. The molecule has 0 spiro atoms. The summed E-state index contributed by atoms with van der Waals surface area (Å²) in [4.78, 5) is 49.3. The Kier molecular flexibility index (Phi) is 5.80. The SMILES string of the molecule is CC(C)[C@](C)(C#N)NC(=O)COC(=O)CN1C(=O)[C@H]2CC=CC[C@H]2C1=O. The largest absolute Gasteiger partial charge is 0.454 e. The third-order valence-electron chi connectivity index (χ3n) is 5.04. The van der Waals surface area contributed by atoms with Crippen molar-refractivity contribution in [2.45, 2.75) is 39.2 Å². The Morgan fingerprint density at radius 2 is 1.85 bits per heavy atom. The predicted molar refractivity (Wildman–Crippen MR) is 90.0 cm³/mol. The topological polar surface area (TPSA) is 117 Å². The van der Waals surface area contributed by atoms with Crippen LogP contribution in [0.5, 0.6) is 0 Å². The number of imide groups is 1. The number of rotatable bonds is 6. The molecule has 3 amide bonds. The Hall–Kier alpha value is -2.69. The van der Waals surface area contributed by atoms with Gasteiger partial charge in [-0.25, -0.2) is 0 Å². The number of nitrogens with one attached hydrogen (secondary N) is 1. The minimum atomic E-state index is -1.08. The van der Waals surface area contributed by atoms with Gasteiger partial charge in [-0.2, -0.15) is 5.26 Å². The molecular formula is C18H23N3O5. The molecule has 3 atom stereocenters. The fourth-order valence-electron chi connectivity index (χ4n) is 2.97. The lowest BCUT2D eigenvalue weighted by Crippen LogP contribution is -2.50. The van der Waals surface area contributed by atoms with Crippen molar-refractivity contribution in [3.05, 3.63) is 12.2 Å². The van der Waals surface area contributed by atoms with E-state index < -0.39 is 42.4 Å². The van der Waals surface area contributed by atoms with Crippen molar-refractivity contribution < 1.29 is 23.9 Å². The van der Waals surface area contributed by atoms with Crippen LogP contribution in [0.1, 0.15) is 33.6 Å². The molecule has 0 aromatic heterocycles. The summed E-state index contributed by atoms with van der Waals surface area (Å²) >= 11 is 0. The molecule has 2 rings (SSSR count). The highest BCUT2D eigenvalue weighted by molar-refractivity contribution is 6.07. The number of allylic oxidation sites excluding steroid dienone is 2. The second kappa shape index (κ2) is 7.68. The summed E-state index contributed by atoms with van der Waals surface area (Å²) < 4.78 is 4.86. The van der Waals surface area contributed by atoms with Gasteiger partial charge in [-0.3, -0.25) is 24.1 Å². The lowest BCUT2D eigenvalue weighted by molar-refractivity contribution is -0.155. The Labute approximate surface area is 152 Å². The number of hydrogen-bond donors (Lipinski definition) is 1. The van der Waals surface area contributed by atoms with Crippen LogP contribution in [-0.2, 0) is 23.9 Å². The Morgan fingerprint density at radius 1 is 1.31 bits per heavy atom. The maximum atomic E-state index is 12.3. The second-order valence-electron chi connectivity index (χ2n) is 7.10. The molecule has 0 bridgehead atoms. The van der Waals surface area contributed by atoms with Gasteiger partial charge in [-0.15, -0.1) is 0 Å². The first-order chi connectivity index (χ1) is 12.2. The van der Waals surface area contributed by atoms with E-state index in [1.54, 1.807) is 20.8 Å². The van der Waals surface area contributed by atoms with Crippen molar-refractivity contribution in [2.24, 2.45) is 17.8 Å². The fraction of sp³-hybridized carbons (Fsp3) is 0.611. The van der Waals surface area contributed by atoms with Crippen LogP contribution < -0.4 is 5.32 Å². The fourth-order valence-corrected chi connectivity index (χ4v) is 2.97. The zero-order valence-electron chi connectivity index (χ0n) is 15.2. The Balaban J connectivity index is 1.86. The predicted octanol–water partition coefficient (Wildman–Crippen LogP) is 0.535. The standard InChI is InChI=1S/C18H23N3O5/c1-11(2)18(3,10-19)20-14(22)9-26-15(23)8-21-16(24)12-6-4-5-7-13(12)17(21)25/h4-5,11-13H,6-9H2,1-3H3,(H,20,22)/t12-,13+,18-/m0/s1. The first kappa shape index (κ1) is 19.6. The Bertz CT molecular complexity index is 667. The number of nitrogens with zero attached hydrogens (tertiary/aromatic N) is 2. The number of nitriles is 1. The van der Waals surface area contributed by atoms with Crippen LogP contribution >= 0.6 is 0 Å². The number of ether oxygens (including phenoxy) is 1. The molecule has 0 aromatic carbocycles. The highest BCUT2D eigenvalue weighted by Crippen LogP contribution is 2.34.